The third-order valence-corrected chi connectivity index (χ3v) is 4.20. The molecule has 1 amide bonds. The Kier molecular flexibility index (Phi) is 3.82. The third-order valence-electron chi connectivity index (χ3n) is 4.20. The van der Waals surface area contributed by atoms with Crippen LogP contribution in [0.3, 0.4) is 0 Å². The van der Waals surface area contributed by atoms with Gasteiger partial charge in [0, 0.05) is 22.3 Å². The van der Waals surface area contributed by atoms with Crippen molar-refractivity contribution < 1.29 is 19.2 Å². The molecular formula is C21H13NO4. The molecule has 0 saturated heterocycles. The van der Waals surface area contributed by atoms with Crippen molar-refractivity contribution in [2.45, 2.75) is 0 Å². The van der Waals surface area contributed by atoms with Gasteiger partial charge in [-0.2, -0.15) is 5.48 Å². The van der Waals surface area contributed by atoms with Gasteiger partial charge in [-0.25, -0.2) is 0 Å². The lowest BCUT2D eigenvalue weighted by Gasteiger charge is -2.19. The van der Waals surface area contributed by atoms with Gasteiger partial charge in [-0.15, -0.1) is 0 Å². The number of carbonyl (C=O) groups excluding carboxylic acids is 3. The predicted octanol–water partition coefficient (Wildman–Crippen LogP) is 3.19. The fourth-order valence-corrected chi connectivity index (χ4v) is 2.95. The molecule has 26 heavy (non-hydrogen) atoms. The van der Waals surface area contributed by atoms with Crippen molar-refractivity contribution in [1.82, 2.24) is 5.48 Å². The molecule has 3 aromatic carbocycles. The van der Waals surface area contributed by atoms with Gasteiger partial charge < -0.3 is 4.84 Å². The van der Waals surface area contributed by atoms with Crippen LogP contribution >= 0.6 is 0 Å². The number of hydrogen-bond acceptors (Lipinski definition) is 4. The monoisotopic (exact) mass is 343 g/mol. The second-order valence-corrected chi connectivity index (χ2v) is 5.78. The Balaban J connectivity index is 1.67. The quantitative estimate of drug-likeness (QED) is 0.580. The Morgan fingerprint density at radius 1 is 0.692 bits per heavy atom. The first-order valence-electron chi connectivity index (χ1n) is 8.00. The molecule has 0 aliphatic heterocycles. The van der Waals surface area contributed by atoms with Crippen LogP contribution in [0.5, 0.6) is 5.75 Å². The molecule has 0 unspecified atom stereocenters. The highest BCUT2D eigenvalue weighted by Crippen LogP contribution is 2.32. The van der Waals surface area contributed by atoms with Gasteiger partial charge in [-0.05, 0) is 18.2 Å². The summed E-state index contributed by atoms with van der Waals surface area (Å²) in [7, 11) is 0. The number of amides is 1. The van der Waals surface area contributed by atoms with Gasteiger partial charge in [0.15, 0.2) is 17.3 Å². The molecule has 0 saturated carbocycles. The van der Waals surface area contributed by atoms with Gasteiger partial charge >= 0.3 is 0 Å². The summed E-state index contributed by atoms with van der Waals surface area (Å²) in [6, 6.07) is 20.0. The van der Waals surface area contributed by atoms with Gasteiger partial charge in [0.1, 0.15) is 0 Å². The Labute approximate surface area is 149 Å². The van der Waals surface area contributed by atoms with Gasteiger partial charge in [0.05, 0.1) is 5.56 Å². The number of hydroxylamine groups is 1. The molecule has 1 aliphatic rings. The van der Waals surface area contributed by atoms with E-state index in [1.54, 1.807) is 72.8 Å². The van der Waals surface area contributed by atoms with E-state index in [4.69, 9.17) is 4.84 Å². The standard InChI is InChI=1S/C21H13NO4/c23-19-14-9-4-5-10-15(14)20(24)18-16(19)11-6-12-17(18)26-22-21(25)13-7-2-1-3-8-13/h1-12H,(H,22,25). The highest BCUT2D eigenvalue weighted by molar-refractivity contribution is 6.29. The smallest absolute Gasteiger partial charge is 0.283 e. The number of benzene rings is 3. The highest BCUT2D eigenvalue weighted by Gasteiger charge is 2.32. The highest BCUT2D eigenvalue weighted by atomic mass is 16.7. The molecule has 1 aliphatic carbocycles. The summed E-state index contributed by atoms with van der Waals surface area (Å²) in [6.45, 7) is 0. The number of nitrogens with one attached hydrogen (secondary N) is 1. The first-order valence-corrected chi connectivity index (χ1v) is 8.00. The SMILES string of the molecule is O=C(NOc1cccc2c1C(=O)c1ccccc1C2=O)c1ccccc1. The number of rotatable bonds is 3. The Morgan fingerprint density at radius 3 is 2.04 bits per heavy atom. The molecule has 3 aromatic rings. The molecule has 0 atom stereocenters. The van der Waals surface area contributed by atoms with Crippen LogP contribution in [0.25, 0.3) is 0 Å². The lowest BCUT2D eigenvalue weighted by molar-refractivity contribution is 0.0753. The molecule has 1 N–H and O–H groups in total. The van der Waals surface area contributed by atoms with Gasteiger partial charge in [0.2, 0.25) is 0 Å². The Hall–Kier alpha value is -3.73. The molecule has 0 radical (unpaired) electrons. The van der Waals surface area contributed by atoms with Crippen molar-refractivity contribution in [3.8, 4) is 5.75 Å². The minimum atomic E-state index is -0.446. The maximum atomic E-state index is 12.8. The normalized spacial score (nSPS) is 12.2. The van der Waals surface area contributed by atoms with Crippen LogP contribution < -0.4 is 10.3 Å². The van der Waals surface area contributed by atoms with E-state index in [2.05, 4.69) is 5.48 Å². The van der Waals surface area contributed by atoms with E-state index < -0.39 is 5.91 Å². The van der Waals surface area contributed by atoms with Crippen LogP contribution in [-0.4, -0.2) is 17.5 Å². The second kappa shape index (κ2) is 6.29. The van der Waals surface area contributed by atoms with Gasteiger partial charge in [0.25, 0.3) is 5.91 Å². The number of hydrogen-bond donors (Lipinski definition) is 1. The summed E-state index contributed by atoms with van der Waals surface area (Å²) in [4.78, 5) is 43.0. The minimum absolute atomic E-state index is 0.139. The summed E-state index contributed by atoms with van der Waals surface area (Å²) in [5, 5.41) is 0. The van der Waals surface area contributed by atoms with Crippen molar-refractivity contribution >= 4 is 17.5 Å². The molecule has 4 rings (SSSR count). The average molecular weight is 343 g/mol. The maximum Gasteiger partial charge on any atom is 0.283 e. The largest absolute Gasteiger partial charge is 0.378 e. The summed E-state index contributed by atoms with van der Waals surface area (Å²) < 4.78 is 0. The van der Waals surface area contributed by atoms with Crippen LogP contribution in [-0.2, 0) is 0 Å². The first kappa shape index (κ1) is 15.8. The van der Waals surface area contributed by atoms with Gasteiger partial charge in [-0.3, -0.25) is 14.4 Å². The van der Waals surface area contributed by atoms with Crippen LogP contribution in [0.1, 0.15) is 42.2 Å². The number of carbonyl (C=O) groups is 3. The zero-order valence-electron chi connectivity index (χ0n) is 13.6. The molecule has 126 valence electrons. The van der Waals surface area contributed by atoms with Crippen molar-refractivity contribution in [3.63, 3.8) is 0 Å². The first-order chi connectivity index (χ1) is 12.7. The molecule has 0 fully saturated rings. The Bertz CT molecular complexity index is 1040. The van der Waals surface area contributed by atoms with E-state index >= 15 is 0 Å². The van der Waals surface area contributed by atoms with Crippen molar-refractivity contribution in [3.05, 3.63) is 101 Å². The zero-order chi connectivity index (χ0) is 18.1. The topological polar surface area (TPSA) is 72.5 Å². The summed E-state index contributed by atoms with van der Waals surface area (Å²) >= 11 is 0. The molecule has 0 heterocycles. The lowest BCUT2D eigenvalue weighted by atomic mass is 9.84. The van der Waals surface area contributed by atoms with Gasteiger partial charge in [-0.1, -0.05) is 54.6 Å². The molecule has 0 bridgehead atoms. The van der Waals surface area contributed by atoms with E-state index in [0.29, 0.717) is 16.7 Å². The van der Waals surface area contributed by atoms with Crippen LogP contribution in [0, 0.1) is 0 Å². The number of ketones is 2. The molecule has 5 heteroatoms. The molecular weight excluding hydrogens is 330 g/mol. The van der Waals surface area contributed by atoms with Crippen LogP contribution in [0.15, 0.2) is 72.8 Å². The van der Waals surface area contributed by atoms with Crippen LogP contribution in [0.4, 0.5) is 0 Å². The minimum Gasteiger partial charge on any atom is -0.378 e. The fraction of sp³-hybridized carbons (Fsp3) is 0. The fourth-order valence-electron chi connectivity index (χ4n) is 2.95. The molecule has 0 aromatic heterocycles. The van der Waals surface area contributed by atoms with E-state index in [1.807, 2.05) is 0 Å². The third kappa shape index (κ3) is 2.56. The summed E-state index contributed by atoms with van der Waals surface area (Å²) in [5.41, 5.74) is 3.86. The predicted molar refractivity (Wildman–Crippen MR) is 94.3 cm³/mol. The summed E-state index contributed by atoms with van der Waals surface area (Å²) in [6.07, 6.45) is 0. The maximum absolute atomic E-state index is 12.8. The lowest BCUT2D eigenvalue weighted by Crippen LogP contribution is -2.29. The Morgan fingerprint density at radius 2 is 1.31 bits per heavy atom. The second-order valence-electron chi connectivity index (χ2n) is 5.78. The van der Waals surface area contributed by atoms with E-state index in [1.165, 1.54) is 0 Å². The van der Waals surface area contributed by atoms with Crippen molar-refractivity contribution in [1.29, 1.82) is 0 Å². The zero-order valence-corrected chi connectivity index (χ0v) is 13.6. The van der Waals surface area contributed by atoms with E-state index in [9.17, 15) is 14.4 Å². The van der Waals surface area contributed by atoms with Crippen molar-refractivity contribution in [2.75, 3.05) is 0 Å². The van der Waals surface area contributed by atoms with Crippen molar-refractivity contribution in [2.24, 2.45) is 0 Å². The van der Waals surface area contributed by atoms with E-state index in [0.717, 1.165) is 0 Å². The molecule has 5 nitrogen and oxygen atoms in total. The van der Waals surface area contributed by atoms with E-state index in [-0.39, 0.29) is 28.4 Å². The number of fused-ring (bicyclic) bond motifs is 2. The van der Waals surface area contributed by atoms with Crippen LogP contribution in [0.2, 0.25) is 0 Å². The molecule has 0 spiro atoms. The average Bonchev–Trinajstić information content (AvgIpc) is 2.70. The summed E-state index contributed by atoms with van der Waals surface area (Å²) in [5.74, 6) is -0.854.